The van der Waals surface area contributed by atoms with E-state index in [4.69, 9.17) is 0 Å². The van der Waals surface area contributed by atoms with Gasteiger partial charge in [-0.25, -0.2) is 4.98 Å². The molecule has 1 aliphatic rings. The predicted molar refractivity (Wildman–Crippen MR) is 107 cm³/mol. The van der Waals surface area contributed by atoms with E-state index in [1.54, 1.807) is 11.3 Å². The first kappa shape index (κ1) is 19.7. The van der Waals surface area contributed by atoms with Gasteiger partial charge in [0.2, 0.25) is 0 Å². The van der Waals surface area contributed by atoms with E-state index < -0.39 is 0 Å². The third kappa shape index (κ3) is 6.40. The fraction of sp³-hybridized carbons (Fsp3) is 0.750. The summed E-state index contributed by atoms with van der Waals surface area (Å²) in [5.41, 5.74) is 0. The number of aryl methyl sites for hydroxylation is 1. The standard InChI is InChI=1S/C16H28N4S.HI/c1-4-13-6-5-7-14(10-13)20-16(17-3)18-9-8-15-19-11-12(2)21-15;/h11,13-14H,4-10H2,1-3H3,(H2,17,18,20);1H. The molecule has 1 heterocycles. The summed E-state index contributed by atoms with van der Waals surface area (Å²) >= 11 is 1.77. The fourth-order valence-corrected chi connectivity index (χ4v) is 3.77. The number of thiazole rings is 1. The number of aliphatic imine (C=N–C) groups is 1. The Morgan fingerprint density at radius 3 is 2.91 bits per heavy atom. The van der Waals surface area contributed by atoms with Crippen LogP contribution in [0.15, 0.2) is 11.2 Å². The highest BCUT2D eigenvalue weighted by Gasteiger charge is 2.21. The van der Waals surface area contributed by atoms with Crippen LogP contribution in [0.25, 0.3) is 0 Å². The number of hydrogen-bond acceptors (Lipinski definition) is 3. The van der Waals surface area contributed by atoms with Gasteiger partial charge in [-0.15, -0.1) is 35.3 Å². The molecule has 2 N–H and O–H groups in total. The average molecular weight is 436 g/mol. The maximum atomic E-state index is 4.39. The zero-order chi connectivity index (χ0) is 15.1. The van der Waals surface area contributed by atoms with Crippen LogP contribution in [0.4, 0.5) is 0 Å². The van der Waals surface area contributed by atoms with Crippen LogP contribution in [0.2, 0.25) is 0 Å². The highest BCUT2D eigenvalue weighted by molar-refractivity contribution is 14.0. The number of nitrogens with one attached hydrogen (secondary N) is 2. The molecule has 126 valence electrons. The molecule has 0 aromatic carbocycles. The molecule has 2 rings (SSSR count). The Kier molecular flexibility index (Phi) is 9.31. The Morgan fingerprint density at radius 1 is 1.45 bits per heavy atom. The second-order valence-corrected chi connectivity index (χ2v) is 7.22. The minimum absolute atomic E-state index is 0. The molecular formula is C16H29IN4S. The Morgan fingerprint density at radius 2 is 2.27 bits per heavy atom. The maximum absolute atomic E-state index is 4.39. The average Bonchev–Trinajstić information content (AvgIpc) is 2.92. The van der Waals surface area contributed by atoms with Crippen LogP contribution < -0.4 is 10.6 Å². The predicted octanol–water partition coefficient (Wildman–Crippen LogP) is 3.75. The van der Waals surface area contributed by atoms with Crippen molar-refractivity contribution in [2.24, 2.45) is 10.9 Å². The Balaban J connectivity index is 0.00000242. The van der Waals surface area contributed by atoms with Crippen molar-refractivity contribution in [1.82, 2.24) is 15.6 Å². The Bertz CT molecular complexity index is 461. The number of nitrogens with zero attached hydrogens (tertiary/aromatic N) is 2. The second-order valence-electron chi connectivity index (χ2n) is 5.90. The SMILES string of the molecule is CCC1CCCC(NC(=NC)NCCc2ncc(C)s2)C1.I. The highest BCUT2D eigenvalue weighted by atomic mass is 127. The molecule has 0 spiro atoms. The van der Waals surface area contributed by atoms with Crippen LogP contribution in [0.5, 0.6) is 0 Å². The van der Waals surface area contributed by atoms with Gasteiger partial charge in [-0.05, 0) is 25.7 Å². The topological polar surface area (TPSA) is 49.3 Å². The summed E-state index contributed by atoms with van der Waals surface area (Å²) in [5.74, 6) is 1.82. The first-order valence-electron chi connectivity index (χ1n) is 8.09. The molecule has 0 amide bonds. The van der Waals surface area contributed by atoms with E-state index in [0.29, 0.717) is 6.04 Å². The molecule has 1 fully saturated rings. The van der Waals surface area contributed by atoms with Gasteiger partial charge in [0.1, 0.15) is 0 Å². The van der Waals surface area contributed by atoms with Crippen LogP contribution in [0, 0.1) is 12.8 Å². The summed E-state index contributed by atoms with van der Waals surface area (Å²) in [6.07, 6.45) is 9.48. The van der Waals surface area contributed by atoms with E-state index in [-0.39, 0.29) is 24.0 Å². The van der Waals surface area contributed by atoms with Crippen LogP contribution in [-0.2, 0) is 6.42 Å². The van der Waals surface area contributed by atoms with Gasteiger partial charge in [0.15, 0.2) is 5.96 Å². The molecule has 0 radical (unpaired) electrons. The lowest BCUT2D eigenvalue weighted by Crippen LogP contribution is -2.45. The van der Waals surface area contributed by atoms with Crippen molar-refractivity contribution in [3.05, 3.63) is 16.1 Å². The maximum Gasteiger partial charge on any atom is 0.191 e. The van der Waals surface area contributed by atoms with Gasteiger partial charge >= 0.3 is 0 Å². The van der Waals surface area contributed by atoms with E-state index in [2.05, 4.69) is 34.5 Å². The van der Waals surface area contributed by atoms with Crippen molar-refractivity contribution in [2.75, 3.05) is 13.6 Å². The summed E-state index contributed by atoms with van der Waals surface area (Å²) < 4.78 is 0. The van der Waals surface area contributed by atoms with Gasteiger partial charge in [-0.2, -0.15) is 0 Å². The Labute approximate surface area is 155 Å². The van der Waals surface area contributed by atoms with E-state index in [9.17, 15) is 0 Å². The van der Waals surface area contributed by atoms with Crippen molar-refractivity contribution in [3.8, 4) is 0 Å². The number of halogens is 1. The molecule has 2 unspecified atom stereocenters. The van der Waals surface area contributed by atoms with Crippen LogP contribution in [0.3, 0.4) is 0 Å². The molecule has 1 saturated carbocycles. The summed E-state index contributed by atoms with van der Waals surface area (Å²) in [5, 5.41) is 8.19. The smallest absolute Gasteiger partial charge is 0.191 e. The Hall–Kier alpha value is -0.370. The number of rotatable bonds is 5. The molecule has 4 nitrogen and oxygen atoms in total. The van der Waals surface area contributed by atoms with Gasteiger partial charge in [0.05, 0.1) is 5.01 Å². The lowest BCUT2D eigenvalue weighted by atomic mass is 9.84. The van der Waals surface area contributed by atoms with Crippen molar-refractivity contribution in [1.29, 1.82) is 0 Å². The third-order valence-electron chi connectivity index (χ3n) is 4.23. The lowest BCUT2D eigenvalue weighted by Gasteiger charge is -2.30. The van der Waals surface area contributed by atoms with Crippen molar-refractivity contribution in [2.45, 2.75) is 58.4 Å². The first-order valence-corrected chi connectivity index (χ1v) is 8.91. The molecule has 6 heteroatoms. The van der Waals surface area contributed by atoms with Gasteiger partial charge < -0.3 is 10.6 Å². The number of guanidine groups is 1. The second kappa shape index (κ2) is 10.4. The minimum Gasteiger partial charge on any atom is -0.356 e. The summed E-state index contributed by atoms with van der Waals surface area (Å²) in [7, 11) is 1.85. The molecule has 0 saturated heterocycles. The molecule has 1 aromatic heterocycles. The van der Waals surface area contributed by atoms with Crippen LogP contribution in [-0.4, -0.2) is 30.6 Å². The molecule has 0 aliphatic heterocycles. The monoisotopic (exact) mass is 436 g/mol. The quantitative estimate of drug-likeness (QED) is 0.420. The van der Waals surface area contributed by atoms with Crippen molar-refractivity contribution in [3.63, 3.8) is 0 Å². The number of aromatic nitrogens is 1. The van der Waals surface area contributed by atoms with Gasteiger partial charge in [0.25, 0.3) is 0 Å². The van der Waals surface area contributed by atoms with E-state index in [0.717, 1.165) is 24.8 Å². The lowest BCUT2D eigenvalue weighted by molar-refractivity contribution is 0.298. The normalized spacial score (nSPS) is 22.0. The van der Waals surface area contributed by atoms with Crippen LogP contribution in [0.1, 0.15) is 48.9 Å². The molecule has 2 atom stereocenters. The minimum atomic E-state index is 0. The zero-order valence-electron chi connectivity index (χ0n) is 13.9. The van der Waals surface area contributed by atoms with Crippen LogP contribution >= 0.6 is 35.3 Å². The summed E-state index contributed by atoms with van der Waals surface area (Å²) in [4.78, 5) is 10.0. The van der Waals surface area contributed by atoms with Crippen molar-refractivity contribution < 1.29 is 0 Å². The third-order valence-corrected chi connectivity index (χ3v) is 5.20. The highest BCUT2D eigenvalue weighted by Crippen LogP contribution is 2.26. The summed E-state index contributed by atoms with van der Waals surface area (Å²) in [6.45, 7) is 5.29. The molecule has 22 heavy (non-hydrogen) atoms. The number of hydrogen-bond donors (Lipinski definition) is 2. The van der Waals surface area contributed by atoms with Gasteiger partial charge in [-0.1, -0.05) is 26.2 Å². The largest absolute Gasteiger partial charge is 0.356 e. The summed E-state index contributed by atoms with van der Waals surface area (Å²) in [6, 6.07) is 0.581. The fourth-order valence-electron chi connectivity index (χ4n) is 2.99. The van der Waals surface area contributed by atoms with Gasteiger partial charge in [-0.3, -0.25) is 4.99 Å². The van der Waals surface area contributed by atoms with E-state index >= 15 is 0 Å². The van der Waals surface area contributed by atoms with E-state index in [1.165, 1.54) is 42.0 Å². The van der Waals surface area contributed by atoms with E-state index in [1.807, 2.05) is 13.2 Å². The molecule has 0 bridgehead atoms. The molecule has 1 aliphatic carbocycles. The first-order chi connectivity index (χ1) is 10.2. The van der Waals surface area contributed by atoms with Crippen molar-refractivity contribution >= 4 is 41.3 Å². The zero-order valence-corrected chi connectivity index (χ0v) is 17.0. The molecule has 1 aromatic rings. The molecular weight excluding hydrogens is 407 g/mol. The van der Waals surface area contributed by atoms with Gasteiger partial charge in [0, 0.05) is 37.1 Å².